The van der Waals surface area contributed by atoms with Gasteiger partial charge in [-0.1, -0.05) is 0 Å². The molecule has 2 heterocycles. The number of aliphatic hydroxyl groups excluding tert-OH is 2. The highest BCUT2D eigenvalue weighted by Gasteiger charge is 2.55. The van der Waals surface area contributed by atoms with Crippen LogP contribution >= 0.6 is 0 Å². The summed E-state index contributed by atoms with van der Waals surface area (Å²) in [5.41, 5.74) is 0. The first-order chi connectivity index (χ1) is 16.3. The zero-order valence-corrected chi connectivity index (χ0v) is 20.3. The second kappa shape index (κ2) is 12.6. The quantitative estimate of drug-likeness (QED) is 0.287. The highest BCUT2D eigenvalue weighted by molar-refractivity contribution is 5.68. The van der Waals surface area contributed by atoms with E-state index in [9.17, 15) is 29.4 Å². The van der Waals surface area contributed by atoms with Crippen molar-refractivity contribution < 1.29 is 67.3 Å². The minimum Gasteiger partial charge on any atom is -0.463 e. The monoisotopic (exact) mass is 508 g/mol. The molecule has 200 valence electrons. The molecule has 0 aromatic rings. The van der Waals surface area contributed by atoms with Crippen LogP contribution in [-0.4, -0.2) is 109 Å². The molecule has 0 aliphatic carbocycles. The van der Waals surface area contributed by atoms with E-state index in [0.717, 1.165) is 27.7 Å². The first kappa shape index (κ1) is 28.9. The van der Waals surface area contributed by atoms with Crippen LogP contribution in [0.25, 0.3) is 0 Å². The molecule has 0 bridgehead atoms. The summed E-state index contributed by atoms with van der Waals surface area (Å²) in [6.07, 6.45) is -13.4. The van der Waals surface area contributed by atoms with E-state index < -0.39 is 91.9 Å². The van der Waals surface area contributed by atoms with E-state index in [4.69, 9.17) is 37.9 Å². The molecule has 2 saturated heterocycles. The van der Waals surface area contributed by atoms with E-state index in [-0.39, 0.29) is 0 Å². The van der Waals surface area contributed by atoms with E-state index in [2.05, 4.69) is 0 Å². The molecule has 2 fully saturated rings. The van der Waals surface area contributed by atoms with Crippen molar-refractivity contribution in [2.75, 3.05) is 13.7 Å². The van der Waals surface area contributed by atoms with Crippen LogP contribution in [0.2, 0.25) is 0 Å². The fourth-order valence-electron chi connectivity index (χ4n) is 3.81. The van der Waals surface area contributed by atoms with E-state index >= 15 is 0 Å². The third-order valence-electron chi connectivity index (χ3n) is 5.25. The topological polar surface area (TPSA) is 183 Å². The number of rotatable bonds is 8. The molecule has 0 spiro atoms. The molecule has 2 aliphatic heterocycles. The lowest BCUT2D eigenvalue weighted by atomic mass is 9.96. The summed E-state index contributed by atoms with van der Waals surface area (Å²) in [4.78, 5) is 47.0. The van der Waals surface area contributed by atoms with Gasteiger partial charge in [0, 0.05) is 34.8 Å². The van der Waals surface area contributed by atoms with Crippen molar-refractivity contribution in [3.8, 4) is 0 Å². The predicted octanol–water partition coefficient (Wildman–Crippen LogP) is -1.43. The maximum absolute atomic E-state index is 11.9. The van der Waals surface area contributed by atoms with Crippen molar-refractivity contribution >= 4 is 23.9 Å². The Hall–Kier alpha value is -2.36. The second-order valence-electron chi connectivity index (χ2n) is 8.09. The number of methoxy groups -OCH3 is 1. The van der Waals surface area contributed by atoms with Gasteiger partial charge in [-0.05, 0) is 6.92 Å². The first-order valence-electron chi connectivity index (χ1n) is 10.9. The van der Waals surface area contributed by atoms with E-state index in [1.807, 2.05) is 0 Å². The number of ether oxygens (including phenoxy) is 8. The molecular weight excluding hydrogens is 476 g/mol. The first-order valence-corrected chi connectivity index (χ1v) is 10.9. The van der Waals surface area contributed by atoms with Gasteiger partial charge < -0.3 is 48.1 Å². The van der Waals surface area contributed by atoms with Crippen LogP contribution in [0.4, 0.5) is 0 Å². The van der Waals surface area contributed by atoms with E-state index in [1.54, 1.807) is 0 Å². The summed E-state index contributed by atoms with van der Waals surface area (Å²) in [6.45, 7) is 5.47. The van der Waals surface area contributed by atoms with Gasteiger partial charge >= 0.3 is 23.9 Å². The zero-order valence-electron chi connectivity index (χ0n) is 20.3. The average Bonchev–Trinajstić information content (AvgIpc) is 2.75. The Bertz CT molecular complexity index is 771. The molecule has 14 heteroatoms. The van der Waals surface area contributed by atoms with Gasteiger partial charge in [0.2, 0.25) is 0 Å². The Balaban J connectivity index is 2.46. The van der Waals surface area contributed by atoms with Crippen molar-refractivity contribution in [2.24, 2.45) is 0 Å². The Morgan fingerprint density at radius 3 is 1.77 bits per heavy atom. The molecule has 10 unspecified atom stereocenters. The summed E-state index contributed by atoms with van der Waals surface area (Å²) in [5.74, 6) is -3.08. The van der Waals surface area contributed by atoms with E-state index in [1.165, 1.54) is 14.0 Å². The van der Waals surface area contributed by atoms with Crippen LogP contribution in [-0.2, 0) is 57.1 Å². The predicted molar refractivity (Wildman–Crippen MR) is 110 cm³/mol. The smallest absolute Gasteiger partial charge is 0.303 e. The van der Waals surface area contributed by atoms with Gasteiger partial charge in [0.25, 0.3) is 0 Å². The third-order valence-corrected chi connectivity index (χ3v) is 5.25. The van der Waals surface area contributed by atoms with Crippen molar-refractivity contribution in [3.63, 3.8) is 0 Å². The fraction of sp³-hybridized carbons (Fsp3) is 0.810. The molecular formula is C21H32O14. The molecule has 0 saturated carbocycles. The SMILES string of the molecule is COC1OC(C)C(O)C(OC2OC(COC(C)=O)C(OC(C)=O)C(OC(C)=O)C2OC(C)=O)C1O. The third kappa shape index (κ3) is 7.56. The Morgan fingerprint density at radius 1 is 0.714 bits per heavy atom. The maximum Gasteiger partial charge on any atom is 0.303 e. The molecule has 35 heavy (non-hydrogen) atoms. The van der Waals surface area contributed by atoms with Crippen LogP contribution < -0.4 is 0 Å². The number of hydrogen-bond donors (Lipinski definition) is 2. The summed E-state index contributed by atoms with van der Waals surface area (Å²) < 4.78 is 43.0. The largest absolute Gasteiger partial charge is 0.463 e. The molecule has 0 aromatic carbocycles. The van der Waals surface area contributed by atoms with Gasteiger partial charge in [-0.2, -0.15) is 0 Å². The lowest BCUT2D eigenvalue weighted by Crippen LogP contribution is -2.66. The highest BCUT2D eigenvalue weighted by Crippen LogP contribution is 2.33. The summed E-state index contributed by atoms with van der Waals surface area (Å²) in [7, 11) is 1.28. The number of hydrogen-bond acceptors (Lipinski definition) is 14. The normalized spacial score (nSPS) is 37.1. The highest BCUT2D eigenvalue weighted by atomic mass is 16.8. The van der Waals surface area contributed by atoms with Gasteiger partial charge in [0.1, 0.15) is 31.0 Å². The Morgan fingerprint density at radius 2 is 1.26 bits per heavy atom. The van der Waals surface area contributed by atoms with Crippen LogP contribution in [0.5, 0.6) is 0 Å². The summed E-state index contributed by atoms with van der Waals surface area (Å²) in [6, 6.07) is 0. The minimum atomic E-state index is -1.58. The van der Waals surface area contributed by atoms with Crippen LogP contribution in [0.3, 0.4) is 0 Å². The van der Waals surface area contributed by atoms with Gasteiger partial charge in [-0.25, -0.2) is 0 Å². The van der Waals surface area contributed by atoms with Crippen molar-refractivity contribution in [1.29, 1.82) is 0 Å². The lowest BCUT2D eigenvalue weighted by molar-refractivity contribution is -0.356. The van der Waals surface area contributed by atoms with Crippen LogP contribution in [0.1, 0.15) is 34.6 Å². The van der Waals surface area contributed by atoms with Gasteiger partial charge in [0.05, 0.1) is 6.10 Å². The number of aliphatic hydroxyl groups is 2. The zero-order chi connectivity index (χ0) is 26.4. The molecule has 0 radical (unpaired) electrons. The molecule has 2 N–H and O–H groups in total. The van der Waals surface area contributed by atoms with Crippen LogP contribution in [0.15, 0.2) is 0 Å². The van der Waals surface area contributed by atoms with Gasteiger partial charge in [-0.15, -0.1) is 0 Å². The standard InChI is InChI=1S/C21H32O14/c1-8-14(26)17(15(27)20(28-6)30-8)35-21-19(33-12(5)25)18(32-11(4)24)16(31-10(3)23)13(34-21)7-29-9(2)22/h8,13-21,26-27H,7H2,1-6H3. The molecule has 0 amide bonds. The minimum absolute atomic E-state index is 0.451. The number of esters is 4. The number of carbonyl (C=O) groups excluding carboxylic acids is 4. The van der Waals surface area contributed by atoms with Crippen molar-refractivity contribution in [2.45, 2.75) is 96.0 Å². The number of carbonyl (C=O) groups is 4. The molecule has 2 rings (SSSR count). The second-order valence-corrected chi connectivity index (χ2v) is 8.09. The molecule has 0 aromatic heterocycles. The fourth-order valence-corrected chi connectivity index (χ4v) is 3.81. The van der Waals surface area contributed by atoms with Gasteiger partial charge in [-0.3, -0.25) is 19.2 Å². The molecule has 14 nitrogen and oxygen atoms in total. The molecule has 10 atom stereocenters. The average molecular weight is 508 g/mol. The van der Waals surface area contributed by atoms with E-state index in [0.29, 0.717) is 0 Å². The van der Waals surface area contributed by atoms with Crippen molar-refractivity contribution in [1.82, 2.24) is 0 Å². The van der Waals surface area contributed by atoms with Crippen molar-refractivity contribution in [3.05, 3.63) is 0 Å². The summed E-state index contributed by atoms with van der Waals surface area (Å²) >= 11 is 0. The lowest BCUT2D eigenvalue weighted by Gasteiger charge is -2.47. The Kier molecular flexibility index (Phi) is 10.4. The summed E-state index contributed by atoms with van der Waals surface area (Å²) in [5, 5.41) is 21.2. The van der Waals surface area contributed by atoms with Gasteiger partial charge in [0.15, 0.2) is 30.9 Å². The Labute approximate surface area is 201 Å². The maximum atomic E-state index is 11.9. The molecule has 2 aliphatic rings. The van der Waals surface area contributed by atoms with Crippen LogP contribution in [0, 0.1) is 0 Å².